The fourth-order valence-corrected chi connectivity index (χ4v) is 1.30. The van der Waals surface area contributed by atoms with Crippen LogP contribution < -0.4 is 10.5 Å². The average molecular weight is 216 g/mol. The SMILES string of the molecule is NS(=O)(=O)CCNCc1cncnc1. The molecule has 6 nitrogen and oxygen atoms in total. The Balaban J connectivity index is 2.23. The van der Waals surface area contributed by atoms with Crippen LogP contribution >= 0.6 is 0 Å². The van der Waals surface area contributed by atoms with Crippen LogP contribution in [-0.4, -0.2) is 30.7 Å². The molecule has 0 aliphatic rings. The highest BCUT2D eigenvalue weighted by Gasteiger charge is 2.00. The van der Waals surface area contributed by atoms with Gasteiger partial charge in [-0.05, 0) is 0 Å². The van der Waals surface area contributed by atoms with Crippen molar-refractivity contribution < 1.29 is 8.42 Å². The smallest absolute Gasteiger partial charge is 0.210 e. The van der Waals surface area contributed by atoms with Gasteiger partial charge in [0.15, 0.2) is 0 Å². The summed E-state index contributed by atoms with van der Waals surface area (Å²) in [7, 11) is -3.37. The molecule has 0 amide bonds. The number of aromatic nitrogens is 2. The lowest BCUT2D eigenvalue weighted by Crippen LogP contribution is -2.26. The van der Waals surface area contributed by atoms with E-state index in [1.807, 2.05) is 0 Å². The third kappa shape index (κ3) is 4.85. The fourth-order valence-electron chi connectivity index (χ4n) is 0.868. The van der Waals surface area contributed by atoms with E-state index >= 15 is 0 Å². The topological polar surface area (TPSA) is 98.0 Å². The van der Waals surface area contributed by atoms with Crippen LogP contribution in [0, 0.1) is 0 Å². The minimum absolute atomic E-state index is 0.0688. The van der Waals surface area contributed by atoms with Gasteiger partial charge >= 0.3 is 0 Å². The van der Waals surface area contributed by atoms with E-state index in [-0.39, 0.29) is 5.75 Å². The second-order valence-electron chi connectivity index (χ2n) is 2.79. The summed E-state index contributed by atoms with van der Waals surface area (Å²) in [6.07, 6.45) is 4.77. The Morgan fingerprint density at radius 2 is 2.00 bits per heavy atom. The van der Waals surface area contributed by atoms with Crippen molar-refractivity contribution in [1.29, 1.82) is 0 Å². The van der Waals surface area contributed by atoms with Crippen molar-refractivity contribution in [1.82, 2.24) is 15.3 Å². The van der Waals surface area contributed by atoms with Gasteiger partial charge in [0.1, 0.15) is 6.33 Å². The lowest BCUT2D eigenvalue weighted by Gasteiger charge is -2.02. The molecule has 0 aliphatic carbocycles. The van der Waals surface area contributed by atoms with E-state index < -0.39 is 10.0 Å². The minimum Gasteiger partial charge on any atom is -0.311 e. The number of nitrogens with two attached hydrogens (primary N) is 1. The first-order valence-electron chi connectivity index (χ1n) is 4.03. The molecule has 0 radical (unpaired) electrons. The first kappa shape index (κ1) is 11.0. The van der Waals surface area contributed by atoms with E-state index in [2.05, 4.69) is 15.3 Å². The van der Waals surface area contributed by atoms with Crippen LogP contribution in [0.25, 0.3) is 0 Å². The maximum atomic E-state index is 10.6. The minimum atomic E-state index is -3.37. The number of hydrogen-bond acceptors (Lipinski definition) is 5. The van der Waals surface area contributed by atoms with Crippen molar-refractivity contribution >= 4 is 10.0 Å². The van der Waals surface area contributed by atoms with Crippen LogP contribution in [0.3, 0.4) is 0 Å². The summed E-state index contributed by atoms with van der Waals surface area (Å²) in [5.74, 6) is -0.0688. The molecule has 0 atom stereocenters. The number of rotatable bonds is 5. The molecule has 3 N–H and O–H groups in total. The maximum Gasteiger partial charge on any atom is 0.210 e. The molecule has 1 rings (SSSR count). The average Bonchev–Trinajstić information content (AvgIpc) is 2.13. The van der Waals surface area contributed by atoms with Crippen molar-refractivity contribution in [2.45, 2.75) is 6.54 Å². The monoisotopic (exact) mass is 216 g/mol. The van der Waals surface area contributed by atoms with Crippen molar-refractivity contribution in [3.63, 3.8) is 0 Å². The molecule has 0 saturated heterocycles. The molecule has 0 aliphatic heterocycles. The third-order valence-electron chi connectivity index (χ3n) is 1.51. The van der Waals surface area contributed by atoms with Crippen LogP contribution in [0.4, 0.5) is 0 Å². The van der Waals surface area contributed by atoms with Gasteiger partial charge in [0.05, 0.1) is 5.75 Å². The van der Waals surface area contributed by atoms with Gasteiger partial charge in [0.25, 0.3) is 0 Å². The van der Waals surface area contributed by atoms with Gasteiger partial charge in [-0.25, -0.2) is 23.5 Å². The van der Waals surface area contributed by atoms with E-state index in [0.29, 0.717) is 13.1 Å². The maximum absolute atomic E-state index is 10.6. The first-order valence-corrected chi connectivity index (χ1v) is 5.74. The van der Waals surface area contributed by atoms with Crippen molar-refractivity contribution in [3.8, 4) is 0 Å². The number of primary sulfonamides is 1. The van der Waals surface area contributed by atoms with Crippen LogP contribution in [-0.2, 0) is 16.6 Å². The molecule has 1 aromatic heterocycles. The van der Waals surface area contributed by atoms with Crippen LogP contribution in [0.15, 0.2) is 18.7 Å². The second kappa shape index (κ2) is 4.99. The highest BCUT2D eigenvalue weighted by molar-refractivity contribution is 7.89. The Bertz CT molecular complexity index is 365. The van der Waals surface area contributed by atoms with Gasteiger partial charge < -0.3 is 5.32 Å². The Morgan fingerprint density at radius 3 is 2.57 bits per heavy atom. The lowest BCUT2D eigenvalue weighted by molar-refractivity contribution is 0.592. The number of sulfonamides is 1. The molecule has 0 spiro atoms. The summed E-state index contributed by atoms with van der Waals surface area (Å²) in [6, 6.07) is 0. The van der Waals surface area contributed by atoms with Gasteiger partial charge in [-0.1, -0.05) is 0 Å². The first-order chi connectivity index (χ1) is 6.58. The van der Waals surface area contributed by atoms with Crippen LogP contribution in [0.5, 0.6) is 0 Å². The van der Waals surface area contributed by atoms with E-state index in [1.165, 1.54) is 6.33 Å². The van der Waals surface area contributed by atoms with Crippen molar-refractivity contribution in [3.05, 3.63) is 24.3 Å². The summed E-state index contributed by atoms with van der Waals surface area (Å²) < 4.78 is 21.1. The zero-order valence-electron chi connectivity index (χ0n) is 7.55. The van der Waals surface area contributed by atoms with Gasteiger partial charge in [-0.3, -0.25) is 0 Å². The summed E-state index contributed by atoms with van der Waals surface area (Å²) in [5, 5.41) is 7.74. The Labute approximate surface area is 82.6 Å². The van der Waals surface area contributed by atoms with Crippen molar-refractivity contribution in [2.75, 3.05) is 12.3 Å². The number of hydrogen-bond donors (Lipinski definition) is 2. The number of nitrogens with one attached hydrogen (secondary N) is 1. The van der Waals surface area contributed by atoms with E-state index in [4.69, 9.17) is 5.14 Å². The Hall–Kier alpha value is -1.05. The summed E-state index contributed by atoms with van der Waals surface area (Å²) >= 11 is 0. The van der Waals surface area contributed by atoms with Crippen molar-refractivity contribution in [2.24, 2.45) is 5.14 Å². The van der Waals surface area contributed by atoms with E-state index in [0.717, 1.165) is 5.56 Å². The van der Waals surface area contributed by atoms with E-state index in [9.17, 15) is 8.42 Å². The second-order valence-corrected chi connectivity index (χ2v) is 4.52. The lowest BCUT2D eigenvalue weighted by atomic mass is 10.3. The van der Waals surface area contributed by atoms with Crippen LogP contribution in [0.1, 0.15) is 5.56 Å². The van der Waals surface area contributed by atoms with Gasteiger partial charge in [-0.2, -0.15) is 0 Å². The normalized spacial score (nSPS) is 11.5. The Kier molecular flexibility index (Phi) is 3.93. The number of nitrogens with zero attached hydrogens (tertiary/aromatic N) is 2. The summed E-state index contributed by atoms with van der Waals surface area (Å²) in [6.45, 7) is 0.865. The molecule has 7 heteroatoms. The predicted molar refractivity (Wildman–Crippen MR) is 51.7 cm³/mol. The summed E-state index contributed by atoms with van der Waals surface area (Å²) in [5.41, 5.74) is 0.905. The standard InChI is InChI=1S/C7H12N4O2S/c8-14(12,13)2-1-9-3-7-4-10-6-11-5-7/h4-6,9H,1-3H2,(H2,8,12,13). The van der Waals surface area contributed by atoms with Gasteiger partial charge in [0.2, 0.25) is 10.0 Å². The molecule has 0 bridgehead atoms. The predicted octanol–water partition coefficient (Wildman–Crippen LogP) is -1.15. The zero-order chi connectivity index (χ0) is 10.4. The molecule has 0 fully saturated rings. The highest BCUT2D eigenvalue weighted by Crippen LogP contribution is 1.90. The van der Waals surface area contributed by atoms with Gasteiger partial charge in [-0.15, -0.1) is 0 Å². The zero-order valence-corrected chi connectivity index (χ0v) is 8.37. The van der Waals surface area contributed by atoms with Gasteiger partial charge in [0, 0.05) is 31.0 Å². The third-order valence-corrected chi connectivity index (χ3v) is 2.28. The molecule has 1 aromatic rings. The largest absolute Gasteiger partial charge is 0.311 e. The molecule has 0 aromatic carbocycles. The molecule has 78 valence electrons. The van der Waals surface area contributed by atoms with Crippen LogP contribution in [0.2, 0.25) is 0 Å². The Morgan fingerprint density at radius 1 is 1.36 bits per heavy atom. The summed E-state index contributed by atoms with van der Waals surface area (Å²) in [4.78, 5) is 7.64. The molecular weight excluding hydrogens is 204 g/mol. The highest BCUT2D eigenvalue weighted by atomic mass is 32.2. The molecule has 0 saturated carbocycles. The molecule has 14 heavy (non-hydrogen) atoms. The fraction of sp³-hybridized carbons (Fsp3) is 0.429. The molecule has 1 heterocycles. The van der Waals surface area contributed by atoms with E-state index in [1.54, 1.807) is 12.4 Å². The molecule has 0 unspecified atom stereocenters. The quantitative estimate of drug-likeness (QED) is 0.606. The molecular formula is C7H12N4O2S.